The fourth-order valence-corrected chi connectivity index (χ4v) is 0.914. The van der Waals surface area contributed by atoms with Gasteiger partial charge >= 0.3 is 0 Å². The van der Waals surface area contributed by atoms with Crippen LogP contribution in [-0.2, 0) is 0 Å². The van der Waals surface area contributed by atoms with Crippen LogP contribution in [-0.4, -0.2) is 19.6 Å². The van der Waals surface area contributed by atoms with Gasteiger partial charge in [0.1, 0.15) is 17.7 Å². The molecule has 1 aliphatic rings. The molecule has 0 aliphatic carbocycles. The molecule has 1 fully saturated rings. The average molecular weight is 148 g/mol. The smallest absolute Gasteiger partial charge is 0.149 e. The van der Waals surface area contributed by atoms with Crippen LogP contribution >= 0.6 is 0 Å². The normalized spacial score (nSPS) is 16.0. The molecule has 0 aromatic rings. The second-order valence-corrected chi connectivity index (χ2v) is 2.18. The van der Waals surface area contributed by atoms with Crippen molar-refractivity contribution in [3.05, 3.63) is 11.3 Å². The van der Waals surface area contributed by atoms with Crippen molar-refractivity contribution in [2.75, 3.05) is 19.6 Å². The summed E-state index contributed by atoms with van der Waals surface area (Å²) in [6.07, 6.45) is 0. The van der Waals surface area contributed by atoms with Gasteiger partial charge in [0.05, 0.1) is 5.70 Å². The lowest BCUT2D eigenvalue weighted by atomic mass is 10.2. The molecule has 4 nitrogen and oxygen atoms in total. The van der Waals surface area contributed by atoms with E-state index < -0.39 is 0 Å². The highest BCUT2D eigenvalue weighted by molar-refractivity contribution is 5.40. The zero-order valence-electron chi connectivity index (χ0n) is 6.02. The zero-order valence-corrected chi connectivity index (χ0v) is 6.02. The molecule has 56 valence electrons. The fraction of sp³-hybridized carbons (Fsp3) is 0.429. The molecular weight excluding hydrogens is 140 g/mol. The van der Waals surface area contributed by atoms with Crippen LogP contribution in [0.15, 0.2) is 11.3 Å². The van der Waals surface area contributed by atoms with E-state index in [4.69, 9.17) is 10.5 Å². The van der Waals surface area contributed by atoms with Crippen molar-refractivity contribution < 1.29 is 0 Å². The Hall–Kier alpha value is -1.52. The summed E-state index contributed by atoms with van der Waals surface area (Å²) in [6, 6.07) is 3.67. The maximum atomic E-state index is 8.48. The number of allylic oxidation sites excluding steroid dienone is 1. The lowest BCUT2D eigenvalue weighted by Crippen LogP contribution is -2.38. The first-order valence-corrected chi connectivity index (χ1v) is 3.36. The highest BCUT2D eigenvalue weighted by Gasteiger charge is 2.08. The summed E-state index contributed by atoms with van der Waals surface area (Å²) in [5.41, 5.74) is 0.887. The lowest BCUT2D eigenvalue weighted by molar-refractivity contribution is 0.596. The molecule has 0 aromatic carbocycles. The predicted molar refractivity (Wildman–Crippen MR) is 39.1 cm³/mol. The van der Waals surface area contributed by atoms with Gasteiger partial charge in [-0.05, 0) is 0 Å². The van der Waals surface area contributed by atoms with Crippen LogP contribution in [0.25, 0.3) is 0 Å². The molecule has 0 saturated carbocycles. The van der Waals surface area contributed by atoms with Gasteiger partial charge in [0.2, 0.25) is 0 Å². The molecule has 0 unspecified atom stereocenters. The first-order chi connectivity index (χ1) is 5.38. The van der Waals surface area contributed by atoms with Gasteiger partial charge in [0.15, 0.2) is 0 Å². The Labute approximate surface area is 65.1 Å². The van der Waals surface area contributed by atoms with Crippen LogP contribution in [0.4, 0.5) is 0 Å². The Morgan fingerprint density at radius 2 is 2.00 bits per heavy atom. The van der Waals surface area contributed by atoms with Gasteiger partial charge in [-0.3, -0.25) is 0 Å². The van der Waals surface area contributed by atoms with E-state index in [1.165, 1.54) is 0 Å². The fourth-order valence-electron chi connectivity index (χ4n) is 0.914. The van der Waals surface area contributed by atoms with E-state index in [0.717, 1.165) is 13.1 Å². The highest BCUT2D eigenvalue weighted by atomic mass is 15.0. The summed E-state index contributed by atoms with van der Waals surface area (Å²) in [4.78, 5) is 0. The Balaban J connectivity index is 2.77. The predicted octanol–water partition coefficient (Wildman–Crippen LogP) is -0.520. The Kier molecular flexibility index (Phi) is 2.48. The molecule has 2 N–H and O–H groups in total. The number of nitrogens with zero attached hydrogens (tertiary/aromatic N) is 2. The van der Waals surface area contributed by atoms with Crippen LogP contribution in [0.1, 0.15) is 0 Å². The van der Waals surface area contributed by atoms with Crippen molar-refractivity contribution in [1.82, 2.24) is 10.6 Å². The van der Waals surface area contributed by atoms with E-state index >= 15 is 0 Å². The Morgan fingerprint density at radius 1 is 1.27 bits per heavy atom. The minimum absolute atomic E-state index is 0.178. The zero-order chi connectivity index (χ0) is 8.10. The highest BCUT2D eigenvalue weighted by Crippen LogP contribution is 1.99. The van der Waals surface area contributed by atoms with Gasteiger partial charge < -0.3 is 10.6 Å². The first kappa shape index (κ1) is 7.59. The summed E-state index contributed by atoms with van der Waals surface area (Å²) < 4.78 is 0. The van der Waals surface area contributed by atoms with Crippen LogP contribution in [0, 0.1) is 22.7 Å². The minimum Gasteiger partial charge on any atom is -0.384 e. The van der Waals surface area contributed by atoms with Gasteiger partial charge in [-0.15, -0.1) is 0 Å². The number of nitriles is 2. The SMILES string of the molecule is N#CC(C#N)=C1CNCCN1. The van der Waals surface area contributed by atoms with E-state index in [1.807, 2.05) is 12.1 Å². The van der Waals surface area contributed by atoms with Crippen molar-refractivity contribution in [1.29, 1.82) is 10.5 Å². The number of piperazine rings is 1. The molecule has 0 aromatic heterocycles. The molecule has 0 atom stereocenters. The van der Waals surface area contributed by atoms with Gasteiger partial charge in [-0.25, -0.2) is 0 Å². The number of nitrogens with one attached hydrogen (secondary N) is 2. The topological polar surface area (TPSA) is 71.6 Å². The van der Waals surface area contributed by atoms with E-state index in [9.17, 15) is 0 Å². The molecular formula is C7H8N4. The maximum Gasteiger partial charge on any atom is 0.149 e. The largest absolute Gasteiger partial charge is 0.384 e. The maximum absolute atomic E-state index is 8.48. The second-order valence-electron chi connectivity index (χ2n) is 2.18. The molecule has 1 heterocycles. The quantitative estimate of drug-likeness (QED) is 0.453. The molecule has 0 bridgehead atoms. The minimum atomic E-state index is 0.178. The van der Waals surface area contributed by atoms with Crippen molar-refractivity contribution >= 4 is 0 Å². The Morgan fingerprint density at radius 3 is 2.45 bits per heavy atom. The third-order valence-corrected chi connectivity index (χ3v) is 1.47. The Bertz CT molecular complexity index is 229. The van der Waals surface area contributed by atoms with Crippen molar-refractivity contribution in [2.24, 2.45) is 0 Å². The van der Waals surface area contributed by atoms with Crippen molar-refractivity contribution in [3.8, 4) is 12.1 Å². The summed E-state index contributed by atoms with van der Waals surface area (Å²) in [5.74, 6) is 0. The summed E-state index contributed by atoms with van der Waals surface area (Å²) in [5, 5.41) is 23.0. The van der Waals surface area contributed by atoms with Crippen LogP contribution in [0.3, 0.4) is 0 Å². The summed E-state index contributed by atoms with van der Waals surface area (Å²) >= 11 is 0. The van der Waals surface area contributed by atoms with E-state index in [-0.39, 0.29) is 5.57 Å². The van der Waals surface area contributed by atoms with Crippen LogP contribution < -0.4 is 10.6 Å². The first-order valence-electron chi connectivity index (χ1n) is 3.36. The van der Waals surface area contributed by atoms with Gasteiger partial charge in [0.25, 0.3) is 0 Å². The molecule has 0 spiro atoms. The average Bonchev–Trinajstić information content (AvgIpc) is 2.09. The molecule has 1 saturated heterocycles. The molecule has 1 rings (SSSR count). The third kappa shape index (κ3) is 1.70. The standard InChI is InChI=1S/C7H8N4/c8-3-6(4-9)7-5-10-1-2-11-7/h10-11H,1-2,5H2. The second kappa shape index (κ2) is 3.60. The molecule has 0 radical (unpaired) electrons. The third-order valence-electron chi connectivity index (χ3n) is 1.47. The summed E-state index contributed by atoms with van der Waals surface area (Å²) in [7, 11) is 0. The number of hydrogen-bond donors (Lipinski definition) is 2. The number of hydrogen-bond acceptors (Lipinski definition) is 4. The number of rotatable bonds is 0. The van der Waals surface area contributed by atoms with Crippen molar-refractivity contribution in [2.45, 2.75) is 0 Å². The van der Waals surface area contributed by atoms with E-state index in [0.29, 0.717) is 12.2 Å². The van der Waals surface area contributed by atoms with Crippen molar-refractivity contribution in [3.63, 3.8) is 0 Å². The van der Waals surface area contributed by atoms with Gasteiger partial charge in [-0.2, -0.15) is 10.5 Å². The molecule has 0 amide bonds. The molecule has 1 aliphatic heterocycles. The van der Waals surface area contributed by atoms with E-state index in [1.54, 1.807) is 0 Å². The summed E-state index contributed by atoms with van der Waals surface area (Å²) in [6.45, 7) is 2.26. The van der Waals surface area contributed by atoms with Crippen LogP contribution in [0.2, 0.25) is 0 Å². The molecule has 11 heavy (non-hydrogen) atoms. The molecule has 4 heteroatoms. The lowest BCUT2D eigenvalue weighted by Gasteiger charge is -2.17. The van der Waals surface area contributed by atoms with E-state index in [2.05, 4.69) is 10.6 Å². The monoisotopic (exact) mass is 148 g/mol. The van der Waals surface area contributed by atoms with Gasteiger partial charge in [0, 0.05) is 19.6 Å². The van der Waals surface area contributed by atoms with Gasteiger partial charge in [-0.1, -0.05) is 0 Å². The van der Waals surface area contributed by atoms with Crippen LogP contribution in [0.5, 0.6) is 0 Å².